The van der Waals surface area contributed by atoms with Crippen LogP contribution in [-0.2, 0) is 9.53 Å². The molecule has 4 nitrogen and oxygen atoms in total. The number of nitrogens with one attached hydrogen (secondary N) is 2. The predicted molar refractivity (Wildman–Crippen MR) is 73.9 cm³/mol. The summed E-state index contributed by atoms with van der Waals surface area (Å²) in [6.45, 7) is 5.02. The van der Waals surface area contributed by atoms with E-state index < -0.39 is 24.7 Å². The molecular formula is C14H25F3N2O2. The normalized spacial score (nSPS) is 23.6. The summed E-state index contributed by atoms with van der Waals surface area (Å²) < 4.78 is 42.1. The summed E-state index contributed by atoms with van der Waals surface area (Å²) in [4.78, 5) is 11.7. The number of hydrogen-bond donors (Lipinski definition) is 2. The number of hydrogen-bond acceptors (Lipinski definition) is 3. The van der Waals surface area contributed by atoms with E-state index in [2.05, 4.69) is 19.2 Å². The number of rotatable bonds is 6. The summed E-state index contributed by atoms with van der Waals surface area (Å²) in [5, 5.41) is 5.02. The van der Waals surface area contributed by atoms with E-state index in [1.807, 2.05) is 5.32 Å². The molecule has 2 unspecified atom stereocenters. The van der Waals surface area contributed by atoms with Crippen LogP contribution in [0.3, 0.4) is 0 Å². The first kappa shape index (κ1) is 18.2. The minimum Gasteiger partial charge on any atom is -0.375 e. The third-order valence-corrected chi connectivity index (χ3v) is 4.12. The lowest BCUT2D eigenvalue weighted by Gasteiger charge is -2.41. The highest BCUT2D eigenvalue weighted by molar-refractivity contribution is 5.81. The van der Waals surface area contributed by atoms with Gasteiger partial charge in [0.2, 0.25) is 5.91 Å². The number of carbonyl (C=O) groups is 1. The molecule has 2 N–H and O–H groups in total. The topological polar surface area (TPSA) is 50.4 Å². The Morgan fingerprint density at radius 2 is 2.00 bits per heavy atom. The molecule has 1 saturated heterocycles. The van der Waals surface area contributed by atoms with Crippen LogP contribution < -0.4 is 10.6 Å². The number of amides is 1. The van der Waals surface area contributed by atoms with Gasteiger partial charge in [-0.15, -0.1) is 0 Å². The second-order valence-electron chi connectivity index (χ2n) is 5.65. The number of halogens is 3. The molecule has 1 aliphatic heterocycles. The van der Waals surface area contributed by atoms with Crippen LogP contribution in [0.4, 0.5) is 13.2 Å². The van der Waals surface area contributed by atoms with Crippen molar-refractivity contribution in [2.24, 2.45) is 0 Å². The van der Waals surface area contributed by atoms with Crippen molar-refractivity contribution in [2.75, 3.05) is 13.2 Å². The summed E-state index contributed by atoms with van der Waals surface area (Å²) in [6, 6.07) is -0.563. The largest absolute Gasteiger partial charge is 0.405 e. The highest BCUT2D eigenvalue weighted by Crippen LogP contribution is 2.31. The van der Waals surface area contributed by atoms with Gasteiger partial charge in [0.25, 0.3) is 0 Å². The van der Waals surface area contributed by atoms with E-state index in [9.17, 15) is 18.0 Å². The van der Waals surface area contributed by atoms with Crippen molar-refractivity contribution in [2.45, 2.75) is 70.3 Å². The van der Waals surface area contributed by atoms with Gasteiger partial charge in [-0.2, -0.15) is 13.2 Å². The van der Waals surface area contributed by atoms with Crippen LogP contribution in [0.2, 0.25) is 0 Å². The minimum atomic E-state index is -4.38. The fraction of sp³-hybridized carbons (Fsp3) is 0.929. The van der Waals surface area contributed by atoms with Crippen LogP contribution in [-0.4, -0.2) is 42.9 Å². The van der Waals surface area contributed by atoms with Crippen molar-refractivity contribution in [3.8, 4) is 0 Å². The van der Waals surface area contributed by atoms with Crippen molar-refractivity contribution in [1.82, 2.24) is 10.6 Å². The van der Waals surface area contributed by atoms with E-state index in [4.69, 9.17) is 4.74 Å². The molecule has 1 aliphatic rings. The van der Waals surface area contributed by atoms with E-state index in [1.54, 1.807) is 6.92 Å². The lowest BCUT2D eigenvalue weighted by atomic mass is 9.85. The standard InChI is InChI=1S/C14H25F3N2O2/c1-4-13(5-2)8-11(6-7-21-13)19-10(3)12(20)18-9-14(15,16)17/h10-11,19H,4-9H2,1-3H3,(H,18,20). The molecule has 1 heterocycles. The van der Waals surface area contributed by atoms with Gasteiger partial charge in [0.15, 0.2) is 0 Å². The van der Waals surface area contributed by atoms with Crippen LogP contribution in [0.25, 0.3) is 0 Å². The smallest absolute Gasteiger partial charge is 0.375 e. The molecule has 1 amide bonds. The van der Waals surface area contributed by atoms with Gasteiger partial charge < -0.3 is 15.4 Å². The molecule has 0 aliphatic carbocycles. The minimum absolute atomic E-state index is 0.0882. The van der Waals surface area contributed by atoms with Crippen LogP contribution in [0.5, 0.6) is 0 Å². The Morgan fingerprint density at radius 3 is 2.52 bits per heavy atom. The Labute approximate surface area is 123 Å². The summed E-state index contributed by atoms with van der Waals surface area (Å²) in [7, 11) is 0. The first-order valence-corrected chi connectivity index (χ1v) is 7.46. The molecule has 1 fully saturated rings. The van der Waals surface area contributed by atoms with Crippen LogP contribution >= 0.6 is 0 Å². The van der Waals surface area contributed by atoms with E-state index >= 15 is 0 Å². The number of alkyl halides is 3. The van der Waals surface area contributed by atoms with E-state index in [1.165, 1.54) is 0 Å². The summed E-state index contributed by atoms with van der Waals surface area (Å²) in [5.74, 6) is -0.627. The number of carbonyl (C=O) groups excluding carboxylic acids is 1. The Balaban J connectivity index is 2.46. The Hall–Kier alpha value is -0.820. The first-order valence-electron chi connectivity index (χ1n) is 7.46. The van der Waals surface area contributed by atoms with E-state index in [-0.39, 0.29) is 11.6 Å². The average molecular weight is 310 g/mol. The second-order valence-corrected chi connectivity index (χ2v) is 5.65. The van der Waals surface area contributed by atoms with Gasteiger partial charge in [0.05, 0.1) is 11.6 Å². The third-order valence-electron chi connectivity index (χ3n) is 4.12. The zero-order valence-electron chi connectivity index (χ0n) is 12.8. The van der Waals surface area contributed by atoms with Gasteiger partial charge in [0, 0.05) is 12.6 Å². The second kappa shape index (κ2) is 7.45. The first-order chi connectivity index (χ1) is 9.71. The Morgan fingerprint density at radius 1 is 1.38 bits per heavy atom. The fourth-order valence-electron chi connectivity index (χ4n) is 2.68. The molecule has 0 aromatic carbocycles. The van der Waals surface area contributed by atoms with Crippen molar-refractivity contribution < 1.29 is 22.7 Å². The van der Waals surface area contributed by atoms with Crippen LogP contribution in [0, 0.1) is 0 Å². The zero-order chi connectivity index (χ0) is 16.1. The lowest BCUT2D eigenvalue weighted by molar-refractivity contribution is -0.140. The molecule has 2 atom stereocenters. The summed E-state index contributed by atoms with van der Waals surface area (Å²) in [6.07, 6.45) is -1.07. The molecule has 0 radical (unpaired) electrons. The van der Waals surface area contributed by atoms with Crippen molar-refractivity contribution in [3.63, 3.8) is 0 Å². The maximum Gasteiger partial charge on any atom is 0.405 e. The highest BCUT2D eigenvalue weighted by Gasteiger charge is 2.35. The molecule has 7 heteroatoms. The van der Waals surface area contributed by atoms with E-state index in [0.29, 0.717) is 6.61 Å². The summed E-state index contributed by atoms with van der Waals surface area (Å²) >= 11 is 0. The van der Waals surface area contributed by atoms with Crippen molar-refractivity contribution in [3.05, 3.63) is 0 Å². The van der Waals surface area contributed by atoms with Gasteiger partial charge in [-0.05, 0) is 32.6 Å². The lowest BCUT2D eigenvalue weighted by Crippen LogP contribution is -2.53. The zero-order valence-corrected chi connectivity index (χ0v) is 12.8. The molecule has 0 spiro atoms. The molecule has 21 heavy (non-hydrogen) atoms. The molecule has 124 valence electrons. The molecular weight excluding hydrogens is 285 g/mol. The maximum atomic E-state index is 12.1. The van der Waals surface area contributed by atoms with Crippen molar-refractivity contribution in [1.29, 1.82) is 0 Å². The summed E-state index contributed by atoms with van der Waals surface area (Å²) in [5.41, 5.74) is -0.182. The maximum absolute atomic E-state index is 12.1. The molecule has 1 rings (SSSR count). The Kier molecular flexibility index (Phi) is 6.46. The molecule has 0 aromatic rings. The molecule has 0 aromatic heterocycles. The highest BCUT2D eigenvalue weighted by atomic mass is 19.4. The van der Waals surface area contributed by atoms with E-state index in [0.717, 1.165) is 25.7 Å². The fourth-order valence-corrected chi connectivity index (χ4v) is 2.68. The SMILES string of the molecule is CCC1(CC)CC(NC(C)C(=O)NCC(F)(F)F)CCO1. The quantitative estimate of drug-likeness (QED) is 0.792. The van der Waals surface area contributed by atoms with Crippen LogP contribution in [0.15, 0.2) is 0 Å². The average Bonchev–Trinajstić information content (AvgIpc) is 2.44. The predicted octanol–water partition coefficient (Wildman–Crippen LogP) is 2.38. The molecule has 0 bridgehead atoms. The number of ether oxygens (including phenoxy) is 1. The van der Waals surface area contributed by atoms with Gasteiger partial charge >= 0.3 is 6.18 Å². The van der Waals surface area contributed by atoms with Gasteiger partial charge in [-0.1, -0.05) is 13.8 Å². The Bertz CT molecular complexity index is 344. The van der Waals surface area contributed by atoms with Gasteiger partial charge in [0.1, 0.15) is 6.54 Å². The van der Waals surface area contributed by atoms with Gasteiger partial charge in [-0.25, -0.2) is 0 Å². The van der Waals surface area contributed by atoms with Crippen LogP contribution in [0.1, 0.15) is 46.5 Å². The third kappa shape index (κ3) is 5.82. The van der Waals surface area contributed by atoms with Gasteiger partial charge in [-0.3, -0.25) is 4.79 Å². The monoisotopic (exact) mass is 310 g/mol. The molecule has 0 saturated carbocycles. The van der Waals surface area contributed by atoms with Crippen molar-refractivity contribution >= 4 is 5.91 Å².